The third-order valence-corrected chi connectivity index (χ3v) is 4.27. The molecule has 1 heterocycles. The highest BCUT2D eigenvalue weighted by molar-refractivity contribution is 7.98. The molecule has 0 amide bonds. The lowest BCUT2D eigenvalue weighted by molar-refractivity contribution is 0.0565. The Bertz CT molecular complexity index is 595. The maximum absolute atomic E-state index is 10.0. The molecule has 1 atom stereocenters. The third kappa shape index (κ3) is 5.02. The SMILES string of the molecule is CC(C)(C)C(O)Cc1nc(CSc2cccc(Cl)c2)no1. The first-order valence-electron chi connectivity index (χ1n) is 6.72. The van der Waals surface area contributed by atoms with Gasteiger partial charge in [0.2, 0.25) is 5.89 Å². The molecule has 0 aliphatic heterocycles. The molecule has 0 spiro atoms. The predicted octanol–water partition coefficient (Wildman–Crippen LogP) is 3.96. The van der Waals surface area contributed by atoms with Gasteiger partial charge in [-0.05, 0) is 23.6 Å². The molecule has 1 aromatic carbocycles. The maximum atomic E-state index is 10.0. The van der Waals surface area contributed by atoms with E-state index < -0.39 is 6.10 Å². The summed E-state index contributed by atoms with van der Waals surface area (Å²) in [5.74, 6) is 1.70. The Morgan fingerprint density at radius 1 is 1.38 bits per heavy atom. The second-order valence-electron chi connectivity index (χ2n) is 5.94. The number of hydrogen-bond acceptors (Lipinski definition) is 5. The van der Waals surface area contributed by atoms with Crippen LogP contribution in [0, 0.1) is 5.41 Å². The lowest BCUT2D eigenvalue weighted by atomic mass is 9.87. The molecule has 0 radical (unpaired) electrons. The van der Waals surface area contributed by atoms with Crippen molar-refractivity contribution in [1.82, 2.24) is 10.1 Å². The minimum atomic E-state index is -0.508. The van der Waals surface area contributed by atoms with Crippen LogP contribution in [0.25, 0.3) is 0 Å². The Kier molecular flexibility index (Phi) is 5.30. The molecular weight excluding hydrogens is 308 g/mol. The topological polar surface area (TPSA) is 59.2 Å². The summed E-state index contributed by atoms with van der Waals surface area (Å²) in [5, 5.41) is 14.7. The van der Waals surface area contributed by atoms with E-state index in [1.54, 1.807) is 11.8 Å². The summed E-state index contributed by atoms with van der Waals surface area (Å²) in [7, 11) is 0. The second kappa shape index (κ2) is 6.81. The molecule has 0 bridgehead atoms. The highest BCUT2D eigenvalue weighted by Crippen LogP contribution is 2.25. The molecule has 2 rings (SSSR count). The van der Waals surface area contributed by atoms with Crippen LogP contribution in [0.5, 0.6) is 0 Å². The average molecular weight is 327 g/mol. The smallest absolute Gasteiger partial charge is 0.229 e. The van der Waals surface area contributed by atoms with Crippen LogP contribution in [-0.2, 0) is 12.2 Å². The van der Waals surface area contributed by atoms with Crippen LogP contribution in [0.3, 0.4) is 0 Å². The molecule has 4 nitrogen and oxygen atoms in total. The van der Waals surface area contributed by atoms with Crippen molar-refractivity contribution in [2.45, 2.75) is 43.9 Å². The molecule has 1 N–H and O–H groups in total. The van der Waals surface area contributed by atoms with E-state index in [4.69, 9.17) is 16.1 Å². The van der Waals surface area contributed by atoms with E-state index in [1.807, 2.05) is 45.0 Å². The van der Waals surface area contributed by atoms with Gasteiger partial charge in [-0.15, -0.1) is 11.8 Å². The highest BCUT2D eigenvalue weighted by Gasteiger charge is 2.24. The number of hydrogen-bond donors (Lipinski definition) is 1. The van der Waals surface area contributed by atoms with E-state index in [0.717, 1.165) is 4.90 Å². The minimum Gasteiger partial charge on any atom is -0.392 e. The molecule has 0 aliphatic rings. The van der Waals surface area contributed by atoms with E-state index in [9.17, 15) is 5.11 Å². The quantitative estimate of drug-likeness (QED) is 0.843. The molecule has 1 unspecified atom stereocenters. The molecule has 1 aromatic heterocycles. The van der Waals surface area contributed by atoms with E-state index in [1.165, 1.54) is 0 Å². The van der Waals surface area contributed by atoms with Gasteiger partial charge in [-0.25, -0.2) is 0 Å². The van der Waals surface area contributed by atoms with E-state index in [-0.39, 0.29) is 5.41 Å². The number of thioether (sulfide) groups is 1. The summed E-state index contributed by atoms with van der Waals surface area (Å²) in [6, 6.07) is 7.63. The van der Waals surface area contributed by atoms with Crippen molar-refractivity contribution >= 4 is 23.4 Å². The summed E-state index contributed by atoms with van der Waals surface area (Å²) >= 11 is 7.53. The van der Waals surface area contributed by atoms with Crippen molar-refractivity contribution in [1.29, 1.82) is 0 Å². The van der Waals surface area contributed by atoms with Gasteiger partial charge in [-0.2, -0.15) is 4.98 Å². The number of benzene rings is 1. The van der Waals surface area contributed by atoms with Crippen LogP contribution >= 0.6 is 23.4 Å². The van der Waals surface area contributed by atoms with Gasteiger partial charge in [-0.3, -0.25) is 0 Å². The fourth-order valence-corrected chi connectivity index (χ4v) is 2.66. The number of aliphatic hydroxyl groups excluding tert-OH is 1. The molecular formula is C15H19ClN2O2S. The second-order valence-corrected chi connectivity index (χ2v) is 7.42. The summed E-state index contributed by atoms with van der Waals surface area (Å²) in [4.78, 5) is 5.37. The van der Waals surface area contributed by atoms with Gasteiger partial charge in [0.1, 0.15) is 0 Å². The van der Waals surface area contributed by atoms with Crippen molar-refractivity contribution < 1.29 is 9.63 Å². The lowest BCUT2D eigenvalue weighted by Crippen LogP contribution is -2.28. The largest absolute Gasteiger partial charge is 0.392 e. The van der Waals surface area contributed by atoms with Gasteiger partial charge >= 0.3 is 0 Å². The Labute approximate surface area is 133 Å². The van der Waals surface area contributed by atoms with Crippen LogP contribution in [0.4, 0.5) is 0 Å². The van der Waals surface area contributed by atoms with Crippen LogP contribution in [0.2, 0.25) is 5.02 Å². The Morgan fingerprint density at radius 3 is 2.81 bits per heavy atom. The number of aromatic nitrogens is 2. The zero-order valence-corrected chi connectivity index (χ0v) is 13.9. The highest BCUT2D eigenvalue weighted by atomic mass is 35.5. The van der Waals surface area contributed by atoms with Crippen molar-refractivity contribution in [3.63, 3.8) is 0 Å². The summed E-state index contributed by atoms with van der Waals surface area (Å²) < 4.78 is 5.18. The zero-order valence-electron chi connectivity index (χ0n) is 12.3. The molecule has 21 heavy (non-hydrogen) atoms. The fraction of sp³-hybridized carbons (Fsp3) is 0.467. The minimum absolute atomic E-state index is 0.204. The monoisotopic (exact) mass is 326 g/mol. The van der Waals surface area contributed by atoms with Crippen LogP contribution in [0.15, 0.2) is 33.7 Å². The Hall–Kier alpha value is -1.04. The summed E-state index contributed by atoms with van der Waals surface area (Å²) in [6.07, 6.45) is -0.135. The maximum Gasteiger partial charge on any atom is 0.229 e. The van der Waals surface area contributed by atoms with Crippen molar-refractivity contribution in [3.8, 4) is 0 Å². The van der Waals surface area contributed by atoms with Crippen LogP contribution in [-0.4, -0.2) is 21.4 Å². The first-order valence-corrected chi connectivity index (χ1v) is 8.09. The predicted molar refractivity (Wildman–Crippen MR) is 84.5 cm³/mol. The average Bonchev–Trinajstić information content (AvgIpc) is 2.83. The fourth-order valence-electron chi connectivity index (χ4n) is 1.61. The number of halogens is 1. The van der Waals surface area contributed by atoms with Gasteiger partial charge in [0.05, 0.1) is 18.3 Å². The lowest BCUT2D eigenvalue weighted by Gasteiger charge is -2.24. The first kappa shape index (κ1) is 16.3. The first-order chi connectivity index (χ1) is 9.84. The molecule has 0 saturated carbocycles. The number of nitrogens with zero attached hydrogens (tertiary/aromatic N) is 2. The molecule has 0 saturated heterocycles. The van der Waals surface area contributed by atoms with Gasteiger partial charge < -0.3 is 9.63 Å². The Balaban J connectivity index is 1.91. The van der Waals surface area contributed by atoms with Gasteiger partial charge in [0.25, 0.3) is 0 Å². The third-order valence-electron chi connectivity index (χ3n) is 3.04. The van der Waals surface area contributed by atoms with Crippen LogP contribution in [0.1, 0.15) is 32.5 Å². The standard InChI is InChI=1S/C15H19ClN2O2S/c1-15(2,3)12(19)8-14-17-13(18-20-14)9-21-11-6-4-5-10(16)7-11/h4-7,12,19H,8-9H2,1-3H3. The zero-order chi connectivity index (χ0) is 15.5. The Morgan fingerprint density at radius 2 is 2.14 bits per heavy atom. The van der Waals surface area contributed by atoms with E-state index >= 15 is 0 Å². The van der Waals surface area contributed by atoms with Crippen molar-refractivity contribution in [3.05, 3.63) is 41.0 Å². The normalized spacial score (nSPS) is 13.4. The van der Waals surface area contributed by atoms with Gasteiger partial charge in [-0.1, -0.05) is 43.6 Å². The summed E-state index contributed by atoms with van der Waals surface area (Å²) in [5.41, 5.74) is -0.204. The van der Waals surface area contributed by atoms with Gasteiger partial charge in [0, 0.05) is 9.92 Å². The molecule has 6 heteroatoms. The van der Waals surface area contributed by atoms with E-state index in [2.05, 4.69) is 10.1 Å². The molecule has 114 valence electrons. The van der Waals surface area contributed by atoms with E-state index in [0.29, 0.717) is 28.9 Å². The van der Waals surface area contributed by atoms with Crippen molar-refractivity contribution in [2.75, 3.05) is 0 Å². The van der Waals surface area contributed by atoms with Gasteiger partial charge in [0.15, 0.2) is 5.82 Å². The molecule has 0 aliphatic carbocycles. The summed E-state index contributed by atoms with van der Waals surface area (Å²) in [6.45, 7) is 5.93. The van der Waals surface area contributed by atoms with Crippen LogP contribution < -0.4 is 0 Å². The molecule has 2 aromatic rings. The number of aliphatic hydroxyl groups is 1. The molecule has 0 fully saturated rings. The number of rotatable bonds is 5. The van der Waals surface area contributed by atoms with Crippen molar-refractivity contribution in [2.24, 2.45) is 5.41 Å².